The second-order valence-corrected chi connectivity index (χ2v) is 7.40. The summed E-state index contributed by atoms with van der Waals surface area (Å²) in [5.41, 5.74) is 0.456. The Bertz CT molecular complexity index is 864. The second-order valence-electron chi connectivity index (χ2n) is 7.40. The van der Waals surface area contributed by atoms with Crippen molar-refractivity contribution in [1.82, 2.24) is 25.5 Å². The summed E-state index contributed by atoms with van der Waals surface area (Å²) in [6, 6.07) is 10.1. The van der Waals surface area contributed by atoms with Crippen LogP contribution in [0.15, 0.2) is 40.6 Å². The molecule has 2 aliphatic rings. The van der Waals surface area contributed by atoms with E-state index in [1.54, 1.807) is 4.68 Å². The molecule has 0 spiro atoms. The molecule has 0 unspecified atom stereocenters. The van der Waals surface area contributed by atoms with E-state index in [4.69, 9.17) is 15.9 Å². The van der Waals surface area contributed by atoms with Crippen LogP contribution >= 0.6 is 0 Å². The molecule has 1 aromatic carbocycles. The molecule has 29 heavy (non-hydrogen) atoms. The molecular formula is C20H25N7O2. The minimum absolute atomic E-state index is 0.303. The molecule has 1 saturated heterocycles. The summed E-state index contributed by atoms with van der Waals surface area (Å²) in [7, 11) is 0. The quantitative estimate of drug-likeness (QED) is 0.434. The highest BCUT2D eigenvalue weighted by Crippen LogP contribution is 2.37. The van der Waals surface area contributed by atoms with Crippen LogP contribution in [-0.2, 0) is 28.2 Å². The fourth-order valence-electron chi connectivity index (χ4n) is 3.40. The van der Waals surface area contributed by atoms with Crippen LogP contribution in [0.3, 0.4) is 0 Å². The maximum atomic E-state index is 5.77. The van der Waals surface area contributed by atoms with Crippen molar-refractivity contribution in [3.8, 4) is 12.3 Å². The summed E-state index contributed by atoms with van der Waals surface area (Å²) >= 11 is 0. The number of aromatic nitrogens is 4. The number of hydrogen-bond acceptors (Lipinski definition) is 8. The molecule has 0 bridgehead atoms. The van der Waals surface area contributed by atoms with Gasteiger partial charge in [-0.2, -0.15) is 10.2 Å². The monoisotopic (exact) mass is 395 g/mol. The molecule has 4 rings (SSSR count). The SMILES string of the molecule is C#CCCC1(CCNC2(c3nnnn3CCOCc3ccccc3)COC2)N=N1. The third kappa shape index (κ3) is 4.67. The van der Waals surface area contributed by atoms with Crippen LogP contribution in [0, 0.1) is 12.3 Å². The minimum atomic E-state index is -0.384. The Kier molecular flexibility index (Phi) is 5.94. The predicted molar refractivity (Wildman–Crippen MR) is 105 cm³/mol. The van der Waals surface area contributed by atoms with Crippen molar-refractivity contribution in [2.24, 2.45) is 10.2 Å². The zero-order valence-corrected chi connectivity index (χ0v) is 16.3. The molecule has 152 valence electrons. The minimum Gasteiger partial charge on any atom is -0.376 e. The Balaban J connectivity index is 1.28. The first kappa shape index (κ1) is 19.6. The maximum Gasteiger partial charge on any atom is 0.193 e. The summed E-state index contributed by atoms with van der Waals surface area (Å²) in [6.07, 6.45) is 7.64. The van der Waals surface area contributed by atoms with Gasteiger partial charge in [-0.05, 0) is 16.0 Å². The molecule has 2 aromatic rings. The second kappa shape index (κ2) is 8.78. The average molecular weight is 395 g/mol. The number of nitrogens with one attached hydrogen (secondary N) is 1. The third-order valence-electron chi connectivity index (χ3n) is 5.26. The lowest BCUT2D eigenvalue weighted by molar-refractivity contribution is -0.0857. The van der Waals surface area contributed by atoms with Crippen molar-refractivity contribution < 1.29 is 9.47 Å². The van der Waals surface area contributed by atoms with Gasteiger partial charge in [0.05, 0.1) is 33.0 Å². The molecule has 2 aliphatic heterocycles. The maximum absolute atomic E-state index is 5.77. The van der Waals surface area contributed by atoms with E-state index in [1.165, 1.54) is 0 Å². The first-order valence-electron chi connectivity index (χ1n) is 9.84. The number of rotatable bonds is 12. The number of hydrogen-bond donors (Lipinski definition) is 1. The van der Waals surface area contributed by atoms with Crippen molar-refractivity contribution in [2.75, 3.05) is 26.4 Å². The van der Waals surface area contributed by atoms with Gasteiger partial charge in [0.1, 0.15) is 5.54 Å². The van der Waals surface area contributed by atoms with E-state index in [2.05, 4.69) is 37.0 Å². The van der Waals surface area contributed by atoms with Gasteiger partial charge < -0.3 is 14.8 Å². The van der Waals surface area contributed by atoms with Crippen LogP contribution in [0.5, 0.6) is 0 Å². The van der Waals surface area contributed by atoms with E-state index in [0.717, 1.165) is 30.8 Å². The zero-order valence-electron chi connectivity index (χ0n) is 16.3. The van der Waals surface area contributed by atoms with E-state index >= 15 is 0 Å². The Morgan fingerprint density at radius 1 is 1.21 bits per heavy atom. The summed E-state index contributed by atoms with van der Waals surface area (Å²) < 4.78 is 13.1. The smallest absolute Gasteiger partial charge is 0.193 e. The molecule has 0 radical (unpaired) electrons. The van der Waals surface area contributed by atoms with E-state index in [0.29, 0.717) is 39.4 Å². The molecule has 1 aromatic heterocycles. The molecule has 0 aliphatic carbocycles. The highest BCUT2D eigenvalue weighted by Gasteiger charge is 2.46. The van der Waals surface area contributed by atoms with Crippen LogP contribution in [0.25, 0.3) is 0 Å². The predicted octanol–water partition coefficient (Wildman–Crippen LogP) is 1.67. The molecule has 1 fully saturated rings. The standard InChI is InChI=1S/C20H25N7O2/c1-2-3-9-20(23-24-20)10-11-21-19(15-29-16-19)18-22-25-26-27(18)12-13-28-14-17-7-5-4-6-8-17/h1,4-8,21H,3,9-16H2. The van der Waals surface area contributed by atoms with Crippen LogP contribution in [0.4, 0.5) is 0 Å². The molecule has 9 heteroatoms. The summed E-state index contributed by atoms with van der Waals surface area (Å²) in [5, 5.41) is 24.2. The van der Waals surface area contributed by atoms with Gasteiger partial charge in [0, 0.05) is 25.8 Å². The Morgan fingerprint density at radius 2 is 2.03 bits per heavy atom. The normalized spacial score (nSPS) is 18.2. The Labute approximate surface area is 169 Å². The molecule has 9 nitrogen and oxygen atoms in total. The lowest BCUT2D eigenvalue weighted by Gasteiger charge is -2.41. The van der Waals surface area contributed by atoms with Gasteiger partial charge in [0.15, 0.2) is 11.5 Å². The first-order valence-corrected chi connectivity index (χ1v) is 9.84. The number of ether oxygens (including phenoxy) is 2. The molecule has 1 N–H and O–H groups in total. The van der Waals surface area contributed by atoms with Crippen molar-refractivity contribution >= 4 is 0 Å². The lowest BCUT2D eigenvalue weighted by atomic mass is 9.95. The van der Waals surface area contributed by atoms with E-state index < -0.39 is 0 Å². The third-order valence-corrected chi connectivity index (χ3v) is 5.26. The van der Waals surface area contributed by atoms with Gasteiger partial charge in [-0.3, -0.25) is 0 Å². The number of nitrogens with zero attached hydrogens (tertiary/aromatic N) is 6. The fourth-order valence-corrected chi connectivity index (χ4v) is 3.40. The largest absolute Gasteiger partial charge is 0.376 e. The molecule has 0 atom stereocenters. The van der Waals surface area contributed by atoms with Gasteiger partial charge in [0.25, 0.3) is 0 Å². The number of terminal acetylenes is 1. The summed E-state index contributed by atoms with van der Waals surface area (Å²) in [4.78, 5) is 0. The van der Waals surface area contributed by atoms with Gasteiger partial charge in [-0.25, -0.2) is 4.68 Å². The molecule has 3 heterocycles. The van der Waals surface area contributed by atoms with Gasteiger partial charge in [-0.1, -0.05) is 30.3 Å². The Morgan fingerprint density at radius 3 is 2.72 bits per heavy atom. The van der Waals surface area contributed by atoms with Crippen LogP contribution in [0.2, 0.25) is 0 Å². The van der Waals surface area contributed by atoms with Crippen molar-refractivity contribution in [3.05, 3.63) is 41.7 Å². The van der Waals surface area contributed by atoms with Crippen molar-refractivity contribution in [3.63, 3.8) is 0 Å². The molecule has 0 amide bonds. The number of benzene rings is 1. The van der Waals surface area contributed by atoms with E-state index in [-0.39, 0.29) is 11.2 Å². The van der Waals surface area contributed by atoms with E-state index in [9.17, 15) is 0 Å². The zero-order chi connectivity index (χ0) is 20.0. The molecular weight excluding hydrogens is 370 g/mol. The number of tetrazole rings is 1. The lowest BCUT2D eigenvalue weighted by Crippen LogP contribution is -2.59. The highest BCUT2D eigenvalue weighted by atomic mass is 16.5. The Hall–Kier alpha value is -2.67. The first-order chi connectivity index (χ1) is 14.3. The van der Waals surface area contributed by atoms with Crippen LogP contribution in [0.1, 0.15) is 30.7 Å². The highest BCUT2D eigenvalue weighted by molar-refractivity contribution is 5.13. The topological polar surface area (TPSA) is 98.8 Å². The van der Waals surface area contributed by atoms with Gasteiger partial charge >= 0.3 is 0 Å². The van der Waals surface area contributed by atoms with E-state index in [1.807, 2.05) is 30.3 Å². The van der Waals surface area contributed by atoms with Crippen LogP contribution in [-0.4, -0.2) is 52.2 Å². The van der Waals surface area contributed by atoms with Crippen LogP contribution < -0.4 is 5.32 Å². The average Bonchev–Trinajstić information content (AvgIpc) is 3.34. The summed E-state index contributed by atoms with van der Waals surface area (Å²) in [6.45, 7) is 3.47. The van der Waals surface area contributed by atoms with Crippen molar-refractivity contribution in [2.45, 2.75) is 43.6 Å². The summed E-state index contributed by atoms with van der Waals surface area (Å²) in [5.74, 6) is 3.43. The van der Waals surface area contributed by atoms with Gasteiger partial charge in [-0.15, -0.1) is 17.4 Å². The fraction of sp³-hybridized carbons (Fsp3) is 0.550. The molecule has 0 saturated carbocycles. The van der Waals surface area contributed by atoms with Crippen molar-refractivity contribution in [1.29, 1.82) is 0 Å². The van der Waals surface area contributed by atoms with Gasteiger partial charge in [0.2, 0.25) is 0 Å².